The smallest absolute Gasteiger partial charge is 0.248 e. The fourth-order valence-electron chi connectivity index (χ4n) is 1.44. The number of primary amides is 1. The first kappa shape index (κ1) is 8.74. The van der Waals surface area contributed by atoms with Crippen molar-refractivity contribution in [3.8, 4) is 0 Å². The molecule has 1 aromatic carbocycles. The van der Waals surface area contributed by atoms with Crippen LogP contribution >= 0.6 is 22.6 Å². The number of benzene rings is 1. The molecule has 1 aliphatic rings. The molecule has 3 heteroatoms. The standard InChI is InChI=1S/C10H8INO/c11-9-4-3-6-1-2-7(10(12)13)5-8(6)9/h1-2,4-5H,3H2,(H2,12,13). The molecular formula is C10H8INO. The third-order valence-corrected chi connectivity index (χ3v) is 3.17. The van der Waals surface area contributed by atoms with Gasteiger partial charge in [0.2, 0.25) is 5.91 Å². The van der Waals surface area contributed by atoms with Gasteiger partial charge in [-0.2, -0.15) is 0 Å². The topological polar surface area (TPSA) is 43.1 Å². The minimum Gasteiger partial charge on any atom is -0.366 e. The van der Waals surface area contributed by atoms with Crippen LogP contribution < -0.4 is 5.73 Å². The molecule has 1 amide bonds. The number of allylic oxidation sites excluding steroid dienone is 1. The second kappa shape index (κ2) is 3.14. The zero-order valence-electron chi connectivity index (χ0n) is 6.88. The normalized spacial score (nSPS) is 13.8. The van der Waals surface area contributed by atoms with Crippen LogP contribution in [0.5, 0.6) is 0 Å². The molecule has 0 saturated carbocycles. The third-order valence-electron chi connectivity index (χ3n) is 2.15. The van der Waals surface area contributed by atoms with Crippen molar-refractivity contribution in [1.29, 1.82) is 0 Å². The summed E-state index contributed by atoms with van der Waals surface area (Å²) in [4.78, 5) is 10.9. The van der Waals surface area contributed by atoms with Gasteiger partial charge in [-0.15, -0.1) is 0 Å². The highest BCUT2D eigenvalue weighted by Gasteiger charge is 2.13. The zero-order chi connectivity index (χ0) is 9.42. The quantitative estimate of drug-likeness (QED) is 0.789. The summed E-state index contributed by atoms with van der Waals surface area (Å²) in [6.45, 7) is 0. The summed E-state index contributed by atoms with van der Waals surface area (Å²) in [6.07, 6.45) is 3.11. The number of carbonyl (C=O) groups is 1. The van der Waals surface area contributed by atoms with Crippen molar-refractivity contribution in [3.63, 3.8) is 0 Å². The Kier molecular flexibility index (Phi) is 2.11. The number of halogens is 1. The molecule has 0 bridgehead atoms. The highest BCUT2D eigenvalue weighted by Crippen LogP contribution is 2.32. The molecule has 0 heterocycles. The minimum absolute atomic E-state index is 0.362. The lowest BCUT2D eigenvalue weighted by Crippen LogP contribution is -2.11. The number of hydrogen-bond acceptors (Lipinski definition) is 1. The van der Waals surface area contributed by atoms with E-state index in [0.717, 1.165) is 12.0 Å². The van der Waals surface area contributed by atoms with Crippen molar-refractivity contribution in [3.05, 3.63) is 41.0 Å². The summed E-state index contributed by atoms with van der Waals surface area (Å²) < 4.78 is 1.20. The van der Waals surface area contributed by atoms with Crippen LogP contribution in [0, 0.1) is 0 Å². The van der Waals surface area contributed by atoms with Crippen LogP contribution in [-0.4, -0.2) is 5.91 Å². The summed E-state index contributed by atoms with van der Waals surface area (Å²) in [7, 11) is 0. The first-order chi connectivity index (χ1) is 6.18. The van der Waals surface area contributed by atoms with Gasteiger partial charge in [0.15, 0.2) is 0 Å². The van der Waals surface area contributed by atoms with Crippen LogP contribution in [0.1, 0.15) is 21.5 Å². The van der Waals surface area contributed by atoms with E-state index in [1.165, 1.54) is 9.14 Å². The first-order valence-electron chi connectivity index (χ1n) is 3.97. The summed E-state index contributed by atoms with van der Waals surface area (Å²) in [5.41, 5.74) is 8.20. The highest BCUT2D eigenvalue weighted by atomic mass is 127. The predicted molar refractivity (Wildman–Crippen MR) is 60.7 cm³/mol. The van der Waals surface area contributed by atoms with Crippen LogP contribution in [0.4, 0.5) is 0 Å². The van der Waals surface area contributed by atoms with Crippen molar-refractivity contribution in [1.82, 2.24) is 0 Å². The Morgan fingerprint density at radius 1 is 1.46 bits per heavy atom. The Hall–Kier alpha value is -0.840. The molecule has 0 aliphatic heterocycles. The van der Waals surface area contributed by atoms with Gasteiger partial charge in [-0.3, -0.25) is 4.79 Å². The Morgan fingerprint density at radius 2 is 2.23 bits per heavy atom. The average Bonchev–Trinajstić information content (AvgIpc) is 2.47. The second-order valence-electron chi connectivity index (χ2n) is 2.99. The Bertz CT molecular complexity index is 409. The molecule has 2 N–H and O–H groups in total. The van der Waals surface area contributed by atoms with E-state index >= 15 is 0 Å². The predicted octanol–water partition coefficient (Wildman–Crippen LogP) is 2.12. The van der Waals surface area contributed by atoms with E-state index in [1.807, 2.05) is 12.1 Å². The Labute approximate surface area is 90.0 Å². The van der Waals surface area contributed by atoms with Gasteiger partial charge in [-0.25, -0.2) is 0 Å². The second-order valence-corrected chi connectivity index (χ2v) is 4.15. The zero-order valence-corrected chi connectivity index (χ0v) is 9.04. The van der Waals surface area contributed by atoms with E-state index in [9.17, 15) is 4.79 Å². The van der Waals surface area contributed by atoms with E-state index in [4.69, 9.17) is 5.73 Å². The van der Waals surface area contributed by atoms with Crippen molar-refractivity contribution >= 4 is 32.1 Å². The largest absolute Gasteiger partial charge is 0.366 e. The molecule has 0 saturated heterocycles. The van der Waals surface area contributed by atoms with Crippen molar-refractivity contribution in [2.45, 2.75) is 6.42 Å². The molecule has 0 atom stereocenters. The SMILES string of the molecule is NC(=O)c1ccc2c(c1)C(I)=CC2. The van der Waals surface area contributed by atoms with Gasteiger partial charge in [-0.05, 0) is 52.3 Å². The van der Waals surface area contributed by atoms with E-state index in [1.54, 1.807) is 6.07 Å². The van der Waals surface area contributed by atoms with Crippen molar-refractivity contribution in [2.75, 3.05) is 0 Å². The molecular weight excluding hydrogens is 277 g/mol. The molecule has 0 unspecified atom stereocenters. The summed E-state index contributed by atoms with van der Waals surface area (Å²) in [5.74, 6) is -0.362. The lowest BCUT2D eigenvalue weighted by molar-refractivity contribution is 0.100. The maximum Gasteiger partial charge on any atom is 0.248 e. The van der Waals surface area contributed by atoms with Crippen molar-refractivity contribution < 1.29 is 4.79 Å². The van der Waals surface area contributed by atoms with Gasteiger partial charge < -0.3 is 5.73 Å². The molecule has 0 radical (unpaired) electrons. The molecule has 66 valence electrons. The highest BCUT2D eigenvalue weighted by molar-refractivity contribution is 14.1. The van der Waals surface area contributed by atoms with Crippen molar-refractivity contribution in [2.24, 2.45) is 5.73 Å². The van der Waals surface area contributed by atoms with Gasteiger partial charge in [-0.1, -0.05) is 12.1 Å². The maximum absolute atomic E-state index is 10.9. The third kappa shape index (κ3) is 1.48. The van der Waals surface area contributed by atoms with Crippen LogP contribution in [-0.2, 0) is 6.42 Å². The molecule has 0 fully saturated rings. The number of amides is 1. The summed E-state index contributed by atoms with van der Waals surface area (Å²) in [5, 5.41) is 0. The fourth-order valence-corrected chi connectivity index (χ4v) is 2.16. The molecule has 0 aromatic heterocycles. The van der Waals surface area contributed by atoms with Crippen LogP contribution in [0.15, 0.2) is 24.3 Å². The van der Waals surface area contributed by atoms with Crippen LogP contribution in [0.25, 0.3) is 3.58 Å². The number of nitrogens with two attached hydrogens (primary N) is 1. The molecule has 0 spiro atoms. The lowest BCUT2D eigenvalue weighted by atomic mass is 10.1. The van der Waals surface area contributed by atoms with E-state index in [-0.39, 0.29) is 5.91 Å². The average molecular weight is 285 g/mol. The Balaban J connectivity index is 2.53. The number of fused-ring (bicyclic) bond motifs is 1. The first-order valence-corrected chi connectivity index (χ1v) is 5.05. The molecule has 2 nitrogen and oxygen atoms in total. The van der Waals surface area contributed by atoms with Gasteiger partial charge >= 0.3 is 0 Å². The Morgan fingerprint density at radius 3 is 2.92 bits per heavy atom. The number of hydrogen-bond donors (Lipinski definition) is 1. The lowest BCUT2D eigenvalue weighted by Gasteiger charge is -2.02. The van der Waals surface area contributed by atoms with E-state index < -0.39 is 0 Å². The van der Waals surface area contributed by atoms with E-state index in [2.05, 4.69) is 28.7 Å². The fraction of sp³-hybridized carbons (Fsp3) is 0.100. The van der Waals surface area contributed by atoms with Gasteiger partial charge in [0.05, 0.1) is 0 Å². The van der Waals surface area contributed by atoms with Gasteiger partial charge in [0.25, 0.3) is 0 Å². The minimum atomic E-state index is -0.362. The van der Waals surface area contributed by atoms with Gasteiger partial charge in [0.1, 0.15) is 0 Å². The number of carbonyl (C=O) groups excluding carboxylic acids is 1. The van der Waals surface area contributed by atoms with Crippen LogP contribution in [0.3, 0.4) is 0 Å². The molecule has 2 rings (SSSR count). The summed E-state index contributed by atoms with van der Waals surface area (Å²) >= 11 is 2.27. The van der Waals surface area contributed by atoms with Gasteiger partial charge in [0, 0.05) is 9.14 Å². The number of rotatable bonds is 1. The summed E-state index contributed by atoms with van der Waals surface area (Å²) in [6, 6.07) is 5.62. The molecule has 13 heavy (non-hydrogen) atoms. The monoisotopic (exact) mass is 285 g/mol. The van der Waals surface area contributed by atoms with Crippen LogP contribution in [0.2, 0.25) is 0 Å². The maximum atomic E-state index is 10.9. The van der Waals surface area contributed by atoms with E-state index in [0.29, 0.717) is 5.56 Å². The molecule has 1 aromatic rings. The molecule has 1 aliphatic carbocycles.